The molecule has 0 aliphatic carbocycles. The topological polar surface area (TPSA) is 71.2 Å². The third-order valence-corrected chi connectivity index (χ3v) is 3.79. The first-order valence-electron chi connectivity index (χ1n) is 6.64. The van der Waals surface area contributed by atoms with Crippen LogP contribution in [0.5, 0.6) is 0 Å². The molecule has 6 heteroatoms. The number of nitrogens with one attached hydrogen (secondary N) is 1. The van der Waals surface area contributed by atoms with E-state index in [2.05, 4.69) is 20.6 Å². The summed E-state index contributed by atoms with van der Waals surface area (Å²) in [5.41, 5.74) is 6.81. The summed E-state index contributed by atoms with van der Waals surface area (Å²) in [4.78, 5) is 18.3. The van der Waals surface area contributed by atoms with E-state index in [4.69, 9.17) is 5.73 Å². The largest absolute Gasteiger partial charge is 0.356 e. The van der Waals surface area contributed by atoms with Gasteiger partial charge in [0.15, 0.2) is 0 Å². The maximum Gasteiger partial charge on any atom is 0.221 e. The Morgan fingerprint density at radius 3 is 2.89 bits per heavy atom. The van der Waals surface area contributed by atoms with Gasteiger partial charge in [-0.3, -0.25) is 9.69 Å². The highest BCUT2D eigenvalue weighted by molar-refractivity contribution is 7.09. The summed E-state index contributed by atoms with van der Waals surface area (Å²) in [6.07, 6.45) is 1.39. The number of thiazole rings is 1. The van der Waals surface area contributed by atoms with E-state index >= 15 is 0 Å². The molecule has 3 N–H and O–H groups in total. The molecule has 1 heterocycles. The van der Waals surface area contributed by atoms with Crippen molar-refractivity contribution < 1.29 is 4.79 Å². The van der Waals surface area contributed by atoms with Crippen molar-refractivity contribution in [3.63, 3.8) is 0 Å². The lowest BCUT2D eigenvalue weighted by atomic mass is 10.1. The first-order valence-corrected chi connectivity index (χ1v) is 7.52. The summed E-state index contributed by atoms with van der Waals surface area (Å²) >= 11 is 1.64. The standard InChI is InChI=1S/C13H24N4OS/c1-4-5-15-13(18)6-12(7-14)17(3)8-11-9-19-10(2)16-11/h9,12H,4-8,14H2,1-3H3,(H,15,18). The number of rotatable bonds is 8. The molecule has 0 radical (unpaired) electrons. The molecule has 1 aromatic rings. The van der Waals surface area contributed by atoms with Crippen LogP contribution in [-0.2, 0) is 11.3 Å². The Balaban J connectivity index is 2.46. The Hall–Kier alpha value is -0.980. The van der Waals surface area contributed by atoms with Gasteiger partial charge in [0.1, 0.15) is 0 Å². The van der Waals surface area contributed by atoms with Crippen molar-refractivity contribution in [3.05, 3.63) is 16.1 Å². The van der Waals surface area contributed by atoms with E-state index in [-0.39, 0.29) is 11.9 Å². The van der Waals surface area contributed by atoms with Gasteiger partial charge in [0.05, 0.1) is 10.7 Å². The van der Waals surface area contributed by atoms with Crippen LogP contribution in [-0.4, -0.2) is 42.0 Å². The maximum atomic E-state index is 11.7. The smallest absolute Gasteiger partial charge is 0.221 e. The number of carbonyl (C=O) groups is 1. The van der Waals surface area contributed by atoms with Crippen molar-refractivity contribution in [3.8, 4) is 0 Å². The van der Waals surface area contributed by atoms with Crippen LogP contribution >= 0.6 is 11.3 Å². The Morgan fingerprint density at radius 2 is 2.37 bits per heavy atom. The van der Waals surface area contributed by atoms with Gasteiger partial charge in [0.2, 0.25) is 5.91 Å². The van der Waals surface area contributed by atoms with Gasteiger partial charge in [-0.2, -0.15) is 0 Å². The van der Waals surface area contributed by atoms with E-state index in [0.717, 1.165) is 30.2 Å². The summed E-state index contributed by atoms with van der Waals surface area (Å²) in [7, 11) is 1.99. The number of carbonyl (C=O) groups excluding carboxylic acids is 1. The van der Waals surface area contributed by atoms with Gasteiger partial charge in [-0.25, -0.2) is 4.98 Å². The van der Waals surface area contributed by atoms with Crippen molar-refractivity contribution in [2.75, 3.05) is 20.1 Å². The number of amides is 1. The lowest BCUT2D eigenvalue weighted by molar-refractivity contribution is -0.122. The molecule has 0 fully saturated rings. The van der Waals surface area contributed by atoms with Gasteiger partial charge in [-0.05, 0) is 20.4 Å². The second kappa shape index (κ2) is 8.24. The van der Waals surface area contributed by atoms with E-state index in [1.54, 1.807) is 11.3 Å². The second-order valence-electron chi connectivity index (χ2n) is 4.72. The van der Waals surface area contributed by atoms with Crippen LogP contribution in [0.15, 0.2) is 5.38 Å². The van der Waals surface area contributed by atoms with E-state index < -0.39 is 0 Å². The first kappa shape index (κ1) is 16.1. The van der Waals surface area contributed by atoms with E-state index in [1.807, 2.05) is 20.9 Å². The fraction of sp³-hybridized carbons (Fsp3) is 0.692. The van der Waals surface area contributed by atoms with E-state index in [1.165, 1.54) is 0 Å². The number of nitrogens with zero attached hydrogens (tertiary/aromatic N) is 2. The zero-order valence-electron chi connectivity index (χ0n) is 12.0. The van der Waals surface area contributed by atoms with Crippen LogP contribution in [0.4, 0.5) is 0 Å². The highest BCUT2D eigenvalue weighted by Gasteiger charge is 2.17. The lowest BCUT2D eigenvalue weighted by Crippen LogP contribution is -2.41. The number of nitrogens with two attached hydrogens (primary N) is 1. The summed E-state index contributed by atoms with van der Waals surface area (Å²) in [5.74, 6) is 0.0682. The number of aryl methyl sites for hydroxylation is 1. The van der Waals surface area contributed by atoms with Crippen molar-refractivity contribution >= 4 is 17.2 Å². The zero-order valence-corrected chi connectivity index (χ0v) is 12.8. The van der Waals surface area contributed by atoms with Crippen LogP contribution in [0, 0.1) is 6.92 Å². The fourth-order valence-electron chi connectivity index (χ4n) is 1.84. The van der Waals surface area contributed by atoms with Crippen molar-refractivity contribution in [1.82, 2.24) is 15.2 Å². The first-order chi connectivity index (χ1) is 9.06. The minimum absolute atomic E-state index is 0.0545. The molecule has 1 unspecified atom stereocenters. The number of aromatic nitrogens is 1. The SMILES string of the molecule is CCCNC(=O)CC(CN)N(C)Cc1csc(C)n1. The van der Waals surface area contributed by atoms with Gasteiger partial charge < -0.3 is 11.1 Å². The molecule has 0 saturated heterocycles. The van der Waals surface area contributed by atoms with Crippen LogP contribution in [0.2, 0.25) is 0 Å². The molecule has 0 aliphatic rings. The monoisotopic (exact) mass is 284 g/mol. The quantitative estimate of drug-likeness (QED) is 0.750. The third kappa shape index (κ3) is 5.67. The summed E-state index contributed by atoms with van der Waals surface area (Å²) < 4.78 is 0. The van der Waals surface area contributed by atoms with Crippen molar-refractivity contribution in [2.45, 2.75) is 39.3 Å². The van der Waals surface area contributed by atoms with Gasteiger partial charge >= 0.3 is 0 Å². The number of hydrogen-bond acceptors (Lipinski definition) is 5. The molecule has 0 aliphatic heterocycles. The van der Waals surface area contributed by atoms with Crippen LogP contribution in [0.25, 0.3) is 0 Å². The van der Waals surface area contributed by atoms with Gasteiger partial charge in [-0.1, -0.05) is 6.92 Å². The molecule has 0 spiro atoms. The van der Waals surface area contributed by atoms with Crippen molar-refractivity contribution in [2.24, 2.45) is 5.73 Å². The Kier molecular flexibility index (Phi) is 6.97. The number of hydrogen-bond donors (Lipinski definition) is 2. The second-order valence-corrected chi connectivity index (χ2v) is 5.78. The van der Waals surface area contributed by atoms with Gasteiger partial charge in [0.25, 0.3) is 0 Å². The fourth-order valence-corrected chi connectivity index (χ4v) is 2.44. The molecule has 108 valence electrons. The minimum atomic E-state index is 0.0545. The molecule has 5 nitrogen and oxygen atoms in total. The maximum absolute atomic E-state index is 11.7. The summed E-state index contributed by atoms with van der Waals surface area (Å²) in [6, 6.07) is 0.0545. The van der Waals surface area contributed by atoms with E-state index in [0.29, 0.717) is 13.0 Å². The number of likely N-dealkylation sites (N-methyl/N-ethyl adjacent to an activating group) is 1. The molecule has 0 aromatic carbocycles. The zero-order chi connectivity index (χ0) is 14.3. The molecule has 0 bridgehead atoms. The average molecular weight is 284 g/mol. The van der Waals surface area contributed by atoms with Crippen LogP contribution in [0.1, 0.15) is 30.5 Å². The molecular formula is C13H24N4OS. The Bertz CT molecular complexity index is 394. The molecule has 1 amide bonds. The highest BCUT2D eigenvalue weighted by Crippen LogP contribution is 2.12. The van der Waals surface area contributed by atoms with Gasteiger partial charge in [0, 0.05) is 37.5 Å². The average Bonchev–Trinajstić information content (AvgIpc) is 2.78. The summed E-state index contributed by atoms with van der Waals surface area (Å²) in [6.45, 7) is 5.96. The minimum Gasteiger partial charge on any atom is -0.356 e. The predicted octanol–water partition coefficient (Wildman–Crippen LogP) is 1.13. The summed E-state index contributed by atoms with van der Waals surface area (Å²) in [5, 5.41) is 6.00. The third-order valence-electron chi connectivity index (χ3n) is 2.97. The van der Waals surface area contributed by atoms with Crippen LogP contribution < -0.4 is 11.1 Å². The molecule has 19 heavy (non-hydrogen) atoms. The van der Waals surface area contributed by atoms with Crippen molar-refractivity contribution in [1.29, 1.82) is 0 Å². The predicted molar refractivity (Wildman–Crippen MR) is 79.1 cm³/mol. The molecular weight excluding hydrogens is 260 g/mol. The van der Waals surface area contributed by atoms with E-state index in [9.17, 15) is 4.79 Å². The normalized spacial score (nSPS) is 12.7. The van der Waals surface area contributed by atoms with Crippen LogP contribution in [0.3, 0.4) is 0 Å². The molecule has 1 rings (SSSR count). The molecule has 1 atom stereocenters. The lowest BCUT2D eigenvalue weighted by Gasteiger charge is -2.25. The van der Waals surface area contributed by atoms with Gasteiger partial charge in [-0.15, -0.1) is 11.3 Å². The Labute approximate surface area is 119 Å². The molecule has 1 aromatic heterocycles. The molecule has 0 saturated carbocycles. The highest BCUT2D eigenvalue weighted by atomic mass is 32.1. The Morgan fingerprint density at radius 1 is 1.63 bits per heavy atom.